The molecule has 2 heterocycles. The number of furan rings is 1. The van der Waals surface area contributed by atoms with Crippen LogP contribution in [0.4, 0.5) is 0 Å². The molecule has 3 aromatic rings. The Balaban J connectivity index is 0.000000459. The largest absolute Gasteiger partial charge is 0.493 e. The molecule has 0 atom stereocenters. The van der Waals surface area contributed by atoms with Crippen molar-refractivity contribution in [3.8, 4) is 17.2 Å². The molecule has 1 fully saturated rings. The number of amides is 2. The second-order valence-electron chi connectivity index (χ2n) is 9.99. The van der Waals surface area contributed by atoms with Gasteiger partial charge < -0.3 is 33.2 Å². The Morgan fingerprint density at radius 2 is 1.49 bits per heavy atom. The second-order valence-corrected chi connectivity index (χ2v) is 9.99. The third-order valence-electron chi connectivity index (χ3n) is 6.03. The number of fused-ring (bicyclic) bond motifs is 1. The first kappa shape index (κ1) is 35.3. The molecule has 0 bridgehead atoms. The van der Waals surface area contributed by atoms with Crippen LogP contribution in [-0.4, -0.2) is 76.3 Å². The Hall–Kier alpha value is -3.72. The van der Waals surface area contributed by atoms with Crippen LogP contribution in [-0.2, 0) is 16.1 Å². The average Bonchev–Trinajstić information content (AvgIpc) is 3.67. The summed E-state index contributed by atoms with van der Waals surface area (Å²) in [7, 11) is 7.99. The molecule has 0 saturated carbocycles. The van der Waals surface area contributed by atoms with Gasteiger partial charge in [-0.05, 0) is 57.9 Å². The summed E-state index contributed by atoms with van der Waals surface area (Å²) in [6.45, 7) is 12.4. The van der Waals surface area contributed by atoms with Gasteiger partial charge in [0.2, 0.25) is 12.2 Å². The van der Waals surface area contributed by atoms with Crippen molar-refractivity contribution in [1.29, 1.82) is 0 Å². The molecule has 1 aromatic heterocycles. The molecule has 1 saturated heterocycles. The number of methoxy groups -OCH3 is 4. The molecule has 0 radical (unpaired) electrons. The van der Waals surface area contributed by atoms with Crippen molar-refractivity contribution in [1.82, 2.24) is 9.80 Å². The zero-order chi connectivity index (χ0) is 31.0. The predicted molar refractivity (Wildman–Crippen MR) is 163 cm³/mol. The summed E-state index contributed by atoms with van der Waals surface area (Å²) in [6, 6.07) is 13.0. The van der Waals surface area contributed by atoms with Gasteiger partial charge in [0.25, 0.3) is 5.91 Å². The predicted octanol–water partition coefficient (Wildman–Crippen LogP) is 6.43. The summed E-state index contributed by atoms with van der Waals surface area (Å²) >= 11 is 0. The summed E-state index contributed by atoms with van der Waals surface area (Å²) in [5.74, 6) is 1.87. The average molecular weight is 573 g/mol. The van der Waals surface area contributed by atoms with Crippen LogP contribution in [0.15, 0.2) is 46.9 Å². The number of carbonyl (C=O) groups excluding carboxylic acids is 2. The van der Waals surface area contributed by atoms with E-state index in [1.807, 2.05) is 65.0 Å². The third kappa shape index (κ3) is 11.4. The van der Waals surface area contributed by atoms with Crippen molar-refractivity contribution in [3.63, 3.8) is 0 Å². The van der Waals surface area contributed by atoms with Crippen molar-refractivity contribution in [2.75, 3.05) is 48.6 Å². The van der Waals surface area contributed by atoms with Crippen LogP contribution in [0.2, 0.25) is 0 Å². The highest BCUT2D eigenvalue weighted by molar-refractivity contribution is 5.95. The van der Waals surface area contributed by atoms with Gasteiger partial charge >= 0.3 is 0 Å². The number of benzene rings is 2. The zero-order valence-corrected chi connectivity index (χ0v) is 26.4. The molecule has 0 unspecified atom stereocenters. The van der Waals surface area contributed by atoms with Crippen LogP contribution in [0, 0.1) is 0 Å². The van der Waals surface area contributed by atoms with Crippen molar-refractivity contribution in [2.24, 2.45) is 0 Å². The van der Waals surface area contributed by atoms with E-state index >= 15 is 0 Å². The smallest absolute Gasteiger partial charge is 0.254 e. The minimum absolute atomic E-state index is 0.0417. The molecule has 0 spiro atoms. The van der Waals surface area contributed by atoms with Crippen LogP contribution in [0.5, 0.6) is 17.2 Å². The SMILES string of the molecule is CC.COC(C)(C)C.COc1cc(C(=O)N(C)Cc2cc3ccccc3o2)cc(OC)c1OC.O=CN1CCCC1. The fourth-order valence-corrected chi connectivity index (χ4v) is 3.69. The molecule has 9 heteroatoms. The molecule has 4 rings (SSSR count). The van der Waals surface area contributed by atoms with Crippen molar-refractivity contribution >= 4 is 23.3 Å². The molecule has 2 aromatic carbocycles. The Labute approximate surface area is 245 Å². The van der Waals surface area contributed by atoms with Gasteiger partial charge in [0.05, 0.1) is 33.5 Å². The topological polar surface area (TPSA) is 90.7 Å². The summed E-state index contributed by atoms with van der Waals surface area (Å²) in [6.07, 6.45) is 3.31. The fraction of sp³-hybridized carbons (Fsp3) is 0.500. The first-order chi connectivity index (χ1) is 19.6. The lowest BCUT2D eigenvalue weighted by molar-refractivity contribution is -0.117. The molecule has 9 nitrogen and oxygen atoms in total. The maximum atomic E-state index is 12.8. The molecule has 0 aliphatic carbocycles. The number of hydrogen-bond donors (Lipinski definition) is 0. The lowest BCUT2D eigenvalue weighted by atomic mass is 10.1. The lowest BCUT2D eigenvalue weighted by Gasteiger charge is -2.18. The number of ether oxygens (including phenoxy) is 4. The number of hydrogen-bond acceptors (Lipinski definition) is 7. The number of carbonyl (C=O) groups is 2. The highest BCUT2D eigenvalue weighted by Gasteiger charge is 2.20. The van der Waals surface area contributed by atoms with Crippen LogP contribution in [0.25, 0.3) is 11.0 Å². The molecule has 0 N–H and O–H groups in total. The molecule has 228 valence electrons. The van der Waals surface area contributed by atoms with Crippen molar-refractivity contribution in [3.05, 3.63) is 53.8 Å². The minimum Gasteiger partial charge on any atom is -0.493 e. The highest BCUT2D eigenvalue weighted by Crippen LogP contribution is 2.38. The zero-order valence-electron chi connectivity index (χ0n) is 26.4. The van der Waals surface area contributed by atoms with Gasteiger partial charge in [0.1, 0.15) is 11.3 Å². The normalized spacial score (nSPS) is 12.1. The van der Waals surface area contributed by atoms with E-state index in [1.165, 1.54) is 34.2 Å². The highest BCUT2D eigenvalue weighted by atomic mass is 16.5. The van der Waals surface area contributed by atoms with Crippen LogP contribution in [0.3, 0.4) is 0 Å². The number of para-hydroxylation sites is 1. The summed E-state index contributed by atoms with van der Waals surface area (Å²) in [5.41, 5.74) is 1.29. The van der Waals surface area contributed by atoms with Crippen LogP contribution in [0.1, 0.15) is 63.6 Å². The Morgan fingerprint density at radius 3 is 1.90 bits per heavy atom. The Bertz CT molecular complexity index is 1140. The van der Waals surface area contributed by atoms with E-state index in [0.717, 1.165) is 36.2 Å². The van der Waals surface area contributed by atoms with E-state index in [2.05, 4.69) is 0 Å². The van der Waals surface area contributed by atoms with Gasteiger partial charge in [0.15, 0.2) is 11.5 Å². The van der Waals surface area contributed by atoms with E-state index in [9.17, 15) is 9.59 Å². The first-order valence-electron chi connectivity index (χ1n) is 13.8. The number of likely N-dealkylation sites (tertiary alicyclic amines) is 1. The van der Waals surface area contributed by atoms with Gasteiger partial charge in [0, 0.05) is 38.2 Å². The van der Waals surface area contributed by atoms with E-state index < -0.39 is 0 Å². The van der Waals surface area contributed by atoms with E-state index in [-0.39, 0.29) is 11.5 Å². The van der Waals surface area contributed by atoms with Crippen LogP contribution >= 0.6 is 0 Å². The monoisotopic (exact) mass is 572 g/mol. The van der Waals surface area contributed by atoms with E-state index in [0.29, 0.717) is 29.4 Å². The molecule has 1 aliphatic rings. The van der Waals surface area contributed by atoms with E-state index in [1.54, 1.807) is 36.1 Å². The summed E-state index contributed by atoms with van der Waals surface area (Å²) in [4.78, 5) is 26.2. The van der Waals surface area contributed by atoms with E-state index in [4.69, 9.17) is 23.4 Å². The minimum atomic E-state index is -0.176. The van der Waals surface area contributed by atoms with Gasteiger partial charge in [-0.25, -0.2) is 0 Å². The molecule has 1 aliphatic heterocycles. The standard InChI is InChI=1S/C20H21NO5.C5H9NO.C5H12O.C2H6/c1-21(12-15-9-13-7-5-6-8-16(13)26-15)20(22)14-10-17(23-2)19(25-4)18(11-14)24-3;7-5-6-3-1-2-4-6;1-5(2,3)6-4;1-2/h5-11H,12H2,1-4H3;5H,1-4H2;1-4H3;1-2H3. The summed E-state index contributed by atoms with van der Waals surface area (Å²) in [5, 5.41) is 1.01. The molecular weight excluding hydrogens is 524 g/mol. The fourth-order valence-electron chi connectivity index (χ4n) is 3.69. The summed E-state index contributed by atoms with van der Waals surface area (Å²) < 4.78 is 26.6. The van der Waals surface area contributed by atoms with Crippen molar-refractivity contribution < 1.29 is 33.0 Å². The maximum Gasteiger partial charge on any atom is 0.254 e. The van der Waals surface area contributed by atoms with Crippen molar-refractivity contribution in [2.45, 2.75) is 59.6 Å². The van der Waals surface area contributed by atoms with Gasteiger partial charge in [-0.15, -0.1) is 0 Å². The van der Waals surface area contributed by atoms with Gasteiger partial charge in [-0.2, -0.15) is 0 Å². The number of rotatable bonds is 7. The Kier molecular flexibility index (Phi) is 15.4. The molecule has 2 amide bonds. The second kappa shape index (κ2) is 17.9. The van der Waals surface area contributed by atoms with Gasteiger partial charge in [-0.1, -0.05) is 32.0 Å². The Morgan fingerprint density at radius 1 is 0.951 bits per heavy atom. The third-order valence-corrected chi connectivity index (χ3v) is 6.03. The number of nitrogens with zero attached hydrogens (tertiary/aromatic N) is 2. The lowest BCUT2D eigenvalue weighted by Crippen LogP contribution is -2.26. The van der Waals surface area contributed by atoms with Gasteiger partial charge in [-0.3, -0.25) is 9.59 Å². The quantitative estimate of drug-likeness (QED) is 0.302. The molecule has 41 heavy (non-hydrogen) atoms. The maximum absolute atomic E-state index is 12.8. The first-order valence-corrected chi connectivity index (χ1v) is 13.8. The molecular formula is C32H48N2O7. The van der Waals surface area contributed by atoms with Crippen LogP contribution < -0.4 is 14.2 Å².